The molecular weight excluding hydrogens is 262 g/mol. The molecule has 0 bridgehead atoms. The van der Waals surface area contributed by atoms with Crippen molar-refractivity contribution >= 4 is 23.1 Å². The van der Waals surface area contributed by atoms with Gasteiger partial charge < -0.3 is 5.73 Å². The van der Waals surface area contributed by atoms with E-state index in [2.05, 4.69) is 0 Å². The average molecular weight is 271 g/mol. The van der Waals surface area contributed by atoms with Gasteiger partial charge in [-0.3, -0.25) is 10.1 Å². The lowest BCUT2D eigenvalue weighted by molar-refractivity contribution is -0.385. The molecule has 0 aromatic heterocycles. The molecule has 2 N–H and O–H groups in total. The summed E-state index contributed by atoms with van der Waals surface area (Å²) in [6.07, 6.45) is 0. The van der Waals surface area contributed by atoms with Gasteiger partial charge in [0.15, 0.2) is 0 Å². The summed E-state index contributed by atoms with van der Waals surface area (Å²) in [6.45, 7) is 0. The molecule has 0 radical (unpaired) electrons. The van der Waals surface area contributed by atoms with Crippen LogP contribution in [0.4, 0.5) is 11.4 Å². The molecule has 6 heteroatoms. The maximum absolute atomic E-state index is 10.9. The van der Waals surface area contributed by atoms with Crippen LogP contribution < -0.4 is 5.73 Å². The van der Waals surface area contributed by atoms with Gasteiger partial charge in [-0.05, 0) is 30.3 Å². The SMILES string of the molecule is N#Cc1c(Sc2ccc(N)cc2)cccc1[N+](=O)[O-]. The summed E-state index contributed by atoms with van der Waals surface area (Å²) in [6, 6.07) is 13.6. The van der Waals surface area contributed by atoms with Crippen molar-refractivity contribution in [2.75, 3.05) is 5.73 Å². The van der Waals surface area contributed by atoms with E-state index in [1.54, 1.807) is 36.4 Å². The molecule has 0 saturated heterocycles. The van der Waals surface area contributed by atoms with Crippen LogP contribution in [0.3, 0.4) is 0 Å². The number of nitrogens with two attached hydrogens (primary N) is 1. The number of nitro benzene ring substituents is 1. The molecule has 94 valence electrons. The zero-order valence-electron chi connectivity index (χ0n) is 9.74. The number of nitrogen functional groups attached to an aromatic ring is 1. The van der Waals surface area contributed by atoms with Crippen molar-refractivity contribution in [2.24, 2.45) is 0 Å². The first kappa shape index (κ1) is 12.9. The van der Waals surface area contributed by atoms with Crippen molar-refractivity contribution in [1.82, 2.24) is 0 Å². The second-order valence-electron chi connectivity index (χ2n) is 3.69. The highest BCUT2D eigenvalue weighted by Crippen LogP contribution is 2.34. The maximum Gasteiger partial charge on any atom is 0.288 e. The molecule has 0 aliphatic rings. The van der Waals surface area contributed by atoms with Gasteiger partial charge in [-0.15, -0.1) is 0 Å². The lowest BCUT2D eigenvalue weighted by atomic mass is 10.2. The molecule has 0 heterocycles. The maximum atomic E-state index is 10.9. The number of benzene rings is 2. The summed E-state index contributed by atoms with van der Waals surface area (Å²) in [5.41, 5.74) is 6.13. The fourth-order valence-electron chi connectivity index (χ4n) is 1.53. The smallest absolute Gasteiger partial charge is 0.288 e. The molecule has 2 aromatic rings. The summed E-state index contributed by atoms with van der Waals surface area (Å²) < 4.78 is 0. The van der Waals surface area contributed by atoms with Gasteiger partial charge >= 0.3 is 0 Å². The quantitative estimate of drug-likeness (QED) is 0.525. The van der Waals surface area contributed by atoms with Crippen LogP contribution in [0.15, 0.2) is 52.3 Å². The number of rotatable bonds is 3. The molecule has 0 unspecified atom stereocenters. The number of hydrogen-bond acceptors (Lipinski definition) is 5. The summed E-state index contributed by atoms with van der Waals surface area (Å²) in [5.74, 6) is 0. The number of nitrogens with zero attached hydrogens (tertiary/aromatic N) is 2. The largest absolute Gasteiger partial charge is 0.399 e. The molecule has 19 heavy (non-hydrogen) atoms. The van der Waals surface area contributed by atoms with Crippen LogP contribution in [0.2, 0.25) is 0 Å². The van der Waals surface area contributed by atoms with Crippen molar-refractivity contribution in [3.05, 3.63) is 58.1 Å². The third-order valence-electron chi connectivity index (χ3n) is 2.42. The van der Waals surface area contributed by atoms with Crippen LogP contribution >= 0.6 is 11.8 Å². The Morgan fingerprint density at radius 2 is 1.89 bits per heavy atom. The molecular formula is C13H9N3O2S. The standard InChI is InChI=1S/C13H9N3O2S/c14-8-11-12(16(17)18)2-1-3-13(11)19-10-6-4-9(15)5-7-10/h1-7H,15H2. The highest BCUT2D eigenvalue weighted by atomic mass is 32.2. The Morgan fingerprint density at radius 1 is 1.21 bits per heavy atom. The van der Waals surface area contributed by atoms with Crippen molar-refractivity contribution in [3.63, 3.8) is 0 Å². The molecule has 0 amide bonds. The van der Waals surface area contributed by atoms with Crippen LogP contribution in [0.1, 0.15) is 5.56 Å². The second kappa shape index (κ2) is 5.42. The van der Waals surface area contributed by atoms with E-state index in [-0.39, 0.29) is 11.3 Å². The third-order valence-corrected chi connectivity index (χ3v) is 3.49. The monoisotopic (exact) mass is 271 g/mol. The van der Waals surface area contributed by atoms with Gasteiger partial charge in [0.2, 0.25) is 0 Å². The first-order valence-electron chi connectivity index (χ1n) is 5.32. The van der Waals surface area contributed by atoms with E-state index in [1.165, 1.54) is 17.8 Å². The first-order chi connectivity index (χ1) is 9.11. The summed E-state index contributed by atoms with van der Waals surface area (Å²) >= 11 is 1.30. The topological polar surface area (TPSA) is 93.0 Å². The molecule has 0 fully saturated rings. The predicted octanol–water partition coefficient (Wildman–Crippen LogP) is 3.20. The highest BCUT2D eigenvalue weighted by molar-refractivity contribution is 7.99. The lowest BCUT2D eigenvalue weighted by Crippen LogP contribution is -1.93. The number of nitriles is 1. The zero-order chi connectivity index (χ0) is 13.8. The number of hydrogen-bond donors (Lipinski definition) is 1. The fourth-order valence-corrected chi connectivity index (χ4v) is 2.46. The van der Waals surface area contributed by atoms with Gasteiger partial charge in [-0.2, -0.15) is 5.26 Å². The Balaban J connectivity index is 2.40. The Kier molecular flexibility index (Phi) is 3.68. The van der Waals surface area contributed by atoms with E-state index in [0.717, 1.165) is 4.90 Å². The van der Waals surface area contributed by atoms with Gasteiger partial charge in [0.1, 0.15) is 11.6 Å². The van der Waals surface area contributed by atoms with Gasteiger partial charge in [-0.1, -0.05) is 17.8 Å². The molecule has 0 saturated carbocycles. The molecule has 0 aliphatic carbocycles. The average Bonchev–Trinajstić information content (AvgIpc) is 2.41. The Hall–Kier alpha value is -2.52. The summed E-state index contributed by atoms with van der Waals surface area (Å²) in [7, 11) is 0. The second-order valence-corrected chi connectivity index (χ2v) is 4.81. The normalized spacial score (nSPS) is 9.84. The zero-order valence-corrected chi connectivity index (χ0v) is 10.6. The lowest BCUT2D eigenvalue weighted by Gasteiger charge is -2.04. The van der Waals surface area contributed by atoms with Crippen molar-refractivity contribution in [3.8, 4) is 6.07 Å². The van der Waals surface area contributed by atoms with Crippen molar-refractivity contribution < 1.29 is 4.92 Å². The summed E-state index contributed by atoms with van der Waals surface area (Å²) in [4.78, 5) is 11.7. The van der Waals surface area contributed by atoms with Crippen LogP contribution in [0.5, 0.6) is 0 Å². The van der Waals surface area contributed by atoms with Crippen LogP contribution in [0, 0.1) is 21.4 Å². The van der Waals surface area contributed by atoms with Gasteiger partial charge in [0.25, 0.3) is 5.69 Å². The van der Waals surface area contributed by atoms with Crippen LogP contribution in [-0.4, -0.2) is 4.92 Å². The fraction of sp³-hybridized carbons (Fsp3) is 0. The van der Waals surface area contributed by atoms with Gasteiger partial charge in [-0.25, -0.2) is 0 Å². The van der Waals surface area contributed by atoms with Crippen molar-refractivity contribution in [2.45, 2.75) is 9.79 Å². The van der Waals surface area contributed by atoms with Gasteiger partial charge in [0, 0.05) is 21.5 Å². The molecule has 2 rings (SSSR count). The van der Waals surface area contributed by atoms with E-state index < -0.39 is 4.92 Å². The molecule has 0 aliphatic heterocycles. The minimum Gasteiger partial charge on any atom is -0.399 e. The minimum atomic E-state index is -0.550. The molecule has 2 aromatic carbocycles. The Morgan fingerprint density at radius 3 is 2.47 bits per heavy atom. The minimum absolute atomic E-state index is 0.0781. The molecule has 0 atom stereocenters. The molecule has 0 spiro atoms. The van der Waals surface area contributed by atoms with Crippen molar-refractivity contribution in [1.29, 1.82) is 5.26 Å². The van der Waals surface area contributed by atoms with Crippen LogP contribution in [-0.2, 0) is 0 Å². The highest BCUT2D eigenvalue weighted by Gasteiger charge is 2.17. The van der Waals surface area contributed by atoms with Crippen LogP contribution in [0.25, 0.3) is 0 Å². The van der Waals surface area contributed by atoms with E-state index in [9.17, 15) is 10.1 Å². The molecule has 5 nitrogen and oxygen atoms in total. The van der Waals surface area contributed by atoms with E-state index in [4.69, 9.17) is 11.0 Å². The first-order valence-corrected chi connectivity index (χ1v) is 6.14. The van der Waals surface area contributed by atoms with Gasteiger partial charge in [0.05, 0.1) is 4.92 Å². The van der Waals surface area contributed by atoms with E-state index in [0.29, 0.717) is 10.6 Å². The van der Waals surface area contributed by atoms with E-state index in [1.807, 2.05) is 6.07 Å². The summed E-state index contributed by atoms with van der Waals surface area (Å²) in [5, 5.41) is 19.9. The number of anilines is 1. The predicted molar refractivity (Wildman–Crippen MR) is 72.8 cm³/mol. The Labute approximate surface area is 113 Å². The number of nitro groups is 1. The van der Waals surface area contributed by atoms with E-state index >= 15 is 0 Å². The Bertz CT molecular complexity index is 663. The third kappa shape index (κ3) is 2.84.